The Bertz CT molecular complexity index is 518. The van der Waals surface area contributed by atoms with Gasteiger partial charge in [0, 0.05) is 19.4 Å². The van der Waals surface area contributed by atoms with Crippen LogP contribution < -0.4 is 5.73 Å². The number of carbonyl (C=O) groups is 2. The molecule has 0 aromatic carbocycles. The summed E-state index contributed by atoms with van der Waals surface area (Å²) in [4.78, 5) is 33.6. The molecule has 10 heteroatoms. The minimum atomic E-state index is -4.33. The molecule has 0 aromatic heterocycles. The number of rotatable bonds is 21. The van der Waals surface area contributed by atoms with Gasteiger partial charge in [0.05, 0.1) is 13.2 Å². The van der Waals surface area contributed by atoms with E-state index >= 15 is 0 Å². The molecule has 0 saturated carbocycles. The van der Waals surface area contributed by atoms with Gasteiger partial charge < -0.3 is 20.1 Å². The average Bonchev–Trinajstić information content (AvgIpc) is 2.73. The van der Waals surface area contributed by atoms with Crippen molar-refractivity contribution in [3.05, 3.63) is 0 Å². The molecule has 0 aliphatic heterocycles. The molecule has 0 aliphatic rings. The number of unbranched alkanes of at least 4 members (excludes halogenated alkanes) is 8. The molecule has 0 rings (SSSR count). The lowest BCUT2D eigenvalue weighted by atomic mass is 10.1. The molecule has 0 amide bonds. The highest BCUT2D eigenvalue weighted by molar-refractivity contribution is 7.47. The van der Waals surface area contributed by atoms with E-state index in [-0.39, 0.29) is 32.6 Å². The van der Waals surface area contributed by atoms with Gasteiger partial charge in [0.1, 0.15) is 6.61 Å². The second-order valence-electron chi connectivity index (χ2n) is 7.51. The second-order valence-corrected chi connectivity index (χ2v) is 8.96. The minimum absolute atomic E-state index is 0.0555. The summed E-state index contributed by atoms with van der Waals surface area (Å²) in [5, 5.41) is 0. The van der Waals surface area contributed by atoms with Crippen molar-refractivity contribution in [3.8, 4) is 0 Å². The van der Waals surface area contributed by atoms with Gasteiger partial charge in [0.15, 0.2) is 6.10 Å². The molecule has 0 aromatic rings. The fraction of sp³-hybridized carbons (Fsp3) is 0.905. The smallest absolute Gasteiger partial charge is 0.462 e. The Kier molecular flexibility index (Phi) is 19.0. The Hall–Kier alpha value is -0.990. The molecule has 184 valence electrons. The summed E-state index contributed by atoms with van der Waals surface area (Å²) in [6.45, 7) is 3.42. The van der Waals surface area contributed by atoms with Crippen LogP contribution in [0.3, 0.4) is 0 Å². The minimum Gasteiger partial charge on any atom is -0.462 e. The predicted octanol–water partition coefficient (Wildman–Crippen LogP) is 4.25. The van der Waals surface area contributed by atoms with Crippen LogP contribution in [0.2, 0.25) is 0 Å². The molecule has 0 bridgehead atoms. The molecule has 9 nitrogen and oxygen atoms in total. The fourth-order valence-corrected chi connectivity index (χ4v) is 3.51. The van der Waals surface area contributed by atoms with E-state index in [2.05, 4.69) is 11.4 Å². The number of hydrogen-bond donors (Lipinski definition) is 2. The standard InChI is InChI=1S/C21H42NO8P/c1-3-5-7-8-9-10-12-13-20(23)27-17-19(30-21(24)14-11-6-4-2)18-29-31(25,26)28-16-15-22/h19H,3-18,22H2,1-2H3,(H,25,26)/t19-/m1/s1. The van der Waals surface area contributed by atoms with E-state index in [0.717, 1.165) is 32.1 Å². The Labute approximate surface area is 186 Å². The summed E-state index contributed by atoms with van der Waals surface area (Å²) in [6, 6.07) is 0. The van der Waals surface area contributed by atoms with E-state index in [1.807, 2.05) is 6.92 Å². The van der Waals surface area contributed by atoms with Crippen LogP contribution in [0.1, 0.15) is 90.9 Å². The first-order valence-electron chi connectivity index (χ1n) is 11.5. The van der Waals surface area contributed by atoms with Crippen LogP contribution in [0.4, 0.5) is 0 Å². The molecule has 2 atom stereocenters. The van der Waals surface area contributed by atoms with Crippen molar-refractivity contribution in [2.75, 3.05) is 26.4 Å². The van der Waals surface area contributed by atoms with Crippen molar-refractivity contribution >= 4 is 19.8 Å². The maximum Gasteiger partial charge on any atom is 0.472 e. The van der Waals surface area contributed by atoms with Crippen LogP contribution in [0.15, 0.2) is 0 Å². The molecular formula is C21H42NO8P. The molecule has 0 fully saturated rings. The van der Waals surface area contributed by atoms with Gasteiger partial charge in [-0.3, -0.25) is 18.6 Å². The summed E-state index contributed by atoms with van der Waals surface area (Å²) in [5.41, 5.74) is 5.24. The van der Waals surface area contributed by atoms with Crippen LogP contribution >= 0.6 is 7.82 Å². The van der Waals surface area contributed by atoms with E-state index in [9.17, 15) is 19.0 Å². The number of ether oxygens (including phenoxy) is 2. The zero-order valence-electron chi connectivity index (χ0n) is 19.2. The average molecular weight is 468 g/mol. The zero-order valence-corrected chi connectivity index (χ0v) is 20.1. The third-order valence-corrected chi connectivity index (χ3v) is 5.48. The van der Waals surface area contributed by atoms with E-state index < -0.39 is 32.5 Å². The number of phosphoric ester groups is 1. The highest BCUT2D eigenvalue weighted by atomic mass is 31.2. The van der Waals surface area contributed by atoms with Crippen molar-refractivity contribution in [1.29, 1.82) is 0 Å². The number of esters is 2. The first-order chi connectivity index (χ1) is 14.8. The molecule has 3 N–H and O–H groups in total. The highest BCUT2D eigenvalue weighted by Crippen LogP contribution is 2.43. The maximum atomic E-state index is 12.0. The van der Waals surface area contributed by atoms with Gasteiger partial charge in [-0.2, -0.15) is 0 Å². The summed E-state index contributed by atoms with van der Waals surface area (Å²) in [6.07, 6.45) is 9.66. The first kappa shape index (κ1) is 30.0. The van der Waals surface area contributed by atoms with Crippen LogP contribution in [0, 0.1) is 0 Å². The number of phosphoric acid groups is 1. The normalized spacial score (nSPS) is 14.1. The van der Waals surface area contributed by atoms with Crippen LogP contribution in [-0.4, -0.2) is 49.3 Å². The topological polar surface area (TPSA) is 134 Å². The van der Waals surface area contributed by atoms with E-state index in [1.165, 1.54) is 25.7 Å². The summed E-state index contributed by atoms with van der Waals surface area (Å²) >= 11 is 0. The van der Waals surface area contributed by atoms with Crippen molar-refractivity contribution in [2.45, 2.75) is 97.0 Å². The predicted molar refractivity (Wildman–Crippen MR) is 118 cm³/mol. The highest BCUT2D eigenvalue weighted by Gasteiger charge is 2.25. The van der Waals surface area contributed by atoms with Crippen molar-refractivity contribution < 1.29 is 37.6 Å². The lowest BCUT2D eigenvalue weighted by Crippen LogP contribution is -2.29. The first-order valence-corrected chi connectivity index (χ1v) is 13.0. The quantitative estimate of drug-likeness (QED) is 0.144. The van der Waals surface area contributed by atoms with Gasteiger partial charge >= 0.3 is 19.8 Å². The lowest BCUT2D eigenvalue weighted by Gasteiger charge is -2.19. The summed E-state index contributed by atoms with van der Waals surface area (Å²) < 4.78 is 31.8. The zero-order chi connectivity index (χ0) is 23.4. The fourth-order valence-electron chi connectivity index (χ4n) is 2.75. The molecule has 0 heterocycles. The van der Waals surface area contributed by atoms with Gasteiger partial charge in [-0.25, -0.2) is 4.57 Å². The number of carbonyl (C=O) groups excluding carboxylic acids is 2. The molecule has 1 unspecified atom stereocenters. The molecule has 0 spiro atoms. The van der Waals surface area contributed by atoms with Crippen LogP contribution in [0.5, 0.6) is 0 Å². The number of nitrogens with two attached hydrogens (primary N) is 1. The van der Waals surface area contributed by atoms with Gasteiger partial charge in [0.2, 0.25) is 0 Å². The summed E-state index contributed by atoms with van der Waals surface area (Å²) in [7, 11) is -4.33. The lowest BCUT2D eigenvalue weighted by molar-refractivity contribution is -0.161. The SMILES string of the molecule is CCCCCCCCCC(=O)OC[C@H](COP(=O)(O)OCCN)OC(=O)CCCCC. The molecule has 31 heavy (non-hydrogen) atoms. The van der Waals surface area contributed by atoms with E-state index in [0.29, 0.717) is 6.42 Å². The summed E-state index contributed by atoms with van der Waals surface area (Å²) in [5.74, 6) is -0.868. The molecular weight excluding hydrogens is 425 g/mol. The maximum absolute atomic E-state index is 12.0. The Morgan fingerprint density at radius 3 is 2.03 bits per heavy atom. The van der Waals surface area contributed by atoms with Gasteiger partial charge in [-0.1, -0.05) is 65.2 Å². The third-order valence-electron chi connectivity index (χ3n) is 4.49. The van der Waals surface area contributed by atoms with Crippen LogP contribution in [-0.2, 0) is 32.7 Å². The van der Waals surface area contributed by atoms with Gasteiger partial charge in [-0.15, -0.1) is 0 Å². The van der Waals surface area contributed by atoms with E-state index in [1.54, 1.807) is 0 Å². The Morgan fingerprint density at radius 1 is 0.839 bits per heavy atom. The van der Waals surface area contributed by atoms with Gasteiger partial charge in [-0.05, 0) is 12.8 Å². The number of hydrogen-bond acceptors (Lipinski definition) is 8. The molecule has 0 radical (unpaired) electrons. The second kappa shape index (κ2) is 19.7. The Morgan fingerprint density at radius 2 is 1.39 bits per heavy atom. The molecule has 0 aliphatic carbocycles. The van der Waals surface area contributed by atoms with Crippen molar-refractivity contribution in [3.63, 3.8) is 0 Å². The Balaban J connectivity index is 4.39. The largest absolute Gasteiger partial charge is 0.472 e. The molecule has 0 saturated heterocycles. The van der Waals surface area contributed by atoms with E-state index in [4.69, 9.17) is 19.7 Å². The third kappa shape index (κ3) is 19.4. The van der Waals surface area contributed by atoms with Crippen molar-refractivity contribution in [1.82, 2.24) is 0 Å². The van der Waals surface area contributed by atoms with Crippen LogP contribution in [0.25, 0.3) is 0 Å². The monoisotopic (exact) mass is 467 g/mol. The van der Waals surface area contributed by atoms with Crippen molar-refractivity contribution in [2.24, 2.45) is 5.73 Å². The van der Waals surface area contributed by atoms with Gasteiger partial charge in [0.25, 0.3) is 0 Å².